The van der Waals surface area contributed by atoms with Crippen LogP contribution in [0.25, 0.3) is 11.1 Å². The minimum absolute atomic E-state index is 0.0162. The zero-order chi connectivity index (χ0) is 21.3. The second kappa shape index (κ2) is 8.03. The Morgan fingerprint density at radius 2 is 1.47 bits per heavy atom. The molecular weight excluding hydrogens is 378 g/mol. The highest BCUT2D eigenvalue weighted by molar-refractivity contribution is 5.91. The van der Waals surface area contributed by atoms with Gasteiger partial charge in [-0.05, 0) is 52.8 Å². The summed E-state index contributed by atoms with van der Waals surface area (Å²) in [5.41, 5.74) is 7.20. The van der Waals surface area contributed by atoms with E-state index in [-0.39, 0.29) is 19.1 Å². The average Bonchev–Trinajstić information content (AvgIpc) is 3.04. The van der Waals surface area contributed by atoms with Crippen molar-refractivity contribution in [1.82, 2.24) is 5.32 Å². The minimum atomic E-state index is -0.943. The Labute approximate surface area is 175 Å². The van der Waals surface area contributed by atoms with E-state index >= 15 is 0 Å². The Kier molecular flexibility index (Phi) is 5.27. The fourth-order valence-electron chi connectivity index (χ4n) is 4.32. The molecule has 3 aromatic rings. The van der Waals surface area contributed by atoms with Gasteiger partial charge in [0, 0.05) is 12.5 Å². The number of alkyl carbamates (subject to hydrolysis) is 1. The van der Waals surface area contributed by atoms with Crippen LogP contribution >= 0.6 is 0 Å². The van der Waals surface area contributed by atoms with E-state index in [1.165, 1.54) is 22.3 Å². The first-order valence-electron chi connectivity index (χ1n) is 9.88. The van der Waals surface area contributed by atoms with E-state index in [0.29, 0.717) is 16.7 Å². The number of hydrogen-bond acceptors (Lipinski definition) is 3. The van der Waals surface area contributed by atoms with Crippen LogP contribution in [0.3, 0.4) is 0 Å². The number of carbonyl (C=O) groups is 2. The molecule has 0 aliphatic heterocycles. The number of hydrogen-bond donors (Lipinski definition) is 2. The van der Waals surface area contributed by atoms with Crippen molar-refractivity contribution in [2.24, 2.45) is 0 Å². The van der Waals surface area contributed by atoms with Crippen LogP contribution in [0.4, 0.5) is 4.79 Å². The molecule has 4 rings (SSSR count). The molecule has 0 unspecified atom stereocenters. The number of ether oxygens (including phenoxy) is 1. The molecule has 0 heterocycles. The number of fused-ring (bicyclic) bond motifs is 3. The molecule has 2 N–H and O–H groups in total. The van der Waals surface area contributed by atoms with Crippen LogP contribution in [-0.4, -0.2) is 23.8 Å². The monoisotopic (exact) mass is 401 g/mol. The largest absolute Gasteiger partial charge is 0.478 e. The molecule has 1 aliphatic carbocycles. The van der Waals surface area contributed by atoms with Crippen LogP contribution < -0.4 is 5.32 Å². The zero-order valence-corrected chi connectivity index (χ0v) is 16.9. The molecule has 0 saturated heterocycles. The highest BCUT2D eigenvalue weighted by Crippen LogP contribution is 2.44. The van der Waals surface area contributed by atoms with Gasteiger partial charge in [0.05, 0.1) is 5.56 Å². The van der Waals surface area contributed by atoms with E-state index in [9.17, 15) is 14.7 Å². The van der Waals surface area contributed by atoms with Gasteiger partial charge in [0.1, 0.15) is 6.61 Å². The third-order valence-corrected chi connectivity index (χ3v) is 5.59. The van der Waals surface area contributed by atoms with Gasteiger partial charge in [-0.15, -0.1) is 0 Å². The van der Waals surface area contributed by atoms with Gasteiger partial charge in [-0.1, -0.05) is 60.7 Å². The first-order chi connectivity index (χ1) is 14.5. The van der Waals surface area contributed by atoms with Gasteiger partial charge >= 0.3 is 12.1 Å². The standard InChI is InChI=1S/C25H23NO4/c1-15-11-17(12-16(2)23(15)24(27)28)13-26-25(29)30-14-22-20-9-5-3-7-18(20)19-8-4-6-10-21(19)22/h3-12,22H,13-14H2,1-2H3,(H,26,29)(H,27,28). The minimum Gasteiger partial charge on any atom is -0.478 e. The predicted octanol–water partition coefficient (Wildman–Crippen LogP) is 5.04. The van der Waals surface area contributed by atoms with Gasteiger partial charge < -0.3 is 15.2 Å². The predicted molar refractivity (Wildman–Crippen MR) is 115 cm³/mol. The van der Waals surface area contributed by atoms with E-state index in [0.717, 1.165) is 5.56 Å². The Hall–Kier alpha value is -3.60. The van der Waals surface area contributed by atoms with Gasteiger partial charge in [0.25, 0.3) is 0 Å². The van der Waals surface area contributed by atoms with E-state index in [2.05, 4.69) is 29.6 Å². The fraction of sp³-hybridized carbons (Fsp3) is 0.200. The van der Waals surface area contributed by atoms with E-state index < -0.39 is 12.1 Å². The highest BCUT2D eigenvalue weighted by atomic mass is 16.5. The van der Waals surface area contributed by atoms with Crippen LogP contribution in [0, 0.1) is 13.8 Å². The molecule has 152 valence electrons. The lowest BCUT2D eigenvalue weighted by atomic mass is 9.98. The molecule has 5 heteroatoms. The Morgan fingerprint density at radius 3 is 2.00 bits per heavy atom. The third-order valence-electron chi connectivity index (χ3n) is 5.59. The summed E-state index contributed by atoms with van der Waals surface area (Å²) in [7, 11) is 0. The number of aromatic carboxylic acids is 1. The second-order valence-corrected chi connectivity index (χ2v) is 7.59. The van der Waals surface area contributed by atoms with Crippen molar-refractivity contribution in [3.63, 3.8) is 0 Å². The maximum atomic E-state index is 12.3. The maximum Gasteiger partial charge on any atom is 0.407 e. The molecule has 1 aliphatic rings. The van der Waals surface area contributed by atoms with Gasteiger partial charge in [-0.25, -0.2) is 9.59 Å². The van der Waals surface area contributed by atoms with Gasteiger partial charge in [0.2, 0.25) is 0 Å². The molecule has 0 aromatic heterocycles. The quantitative estimate of drug-likeness (QED) is 0.628. The second-order valence-electron chi connectivity index (χ2n) is 7.59. The Bertz CT molecular complexity index is 1070. The average molecular weight is 401 g/mol. The fourth-order valence-corrected chi connectivity index (χ4v) is 4.32. The summed E-state index contributed by atoms with van der Waals surface area (Å²) < 4.78 is 5.54. The highest BCUT2D eigenvalue weighted by Gasteiger charge is 2.28. The van der Waals surface area contributed by atoms with Crippen molar-refractivity contribution in [3.05, 3.63) is 94.0 Å². The Balaban J connectivity index is 1.41. The zero-order valence-electron chi connectivity index (χ0n) is 16.9. The molecule has 1 amide bonds. The molecule has 3 aromatic carbocycles. The summed E-state index contributed by atoms with van der Waals surface area (Å²) in [6.07, 6.45) is -0.491. The van der Waals surface area contributed by atoms with Crippen LogP contribution in [0.1, 0.15) is 44.1 Å². The molecule has 0 fully saturated rings. The van der Waals surface area contributed by atoms with Gasteiger partial charge in [0.15, 0.2) is 0 Å². The van der Waals surface area contributed by atoms with Crippen molar-refractivity contribution < 1.29 is 19.4 Å². The first-order valence-corrected chi connectivity index (χ1v) is 9.88. The third kappa shape index (κ3) is 3.66. The summed E-state index contributed by atoms with van der Waals surface area (Å²) in [4.78, 5) is 23.6. The summed E-state index contributed by atoms with van der Waals surface area (Å²) in [5.74, 6) is -0.927. The van der Waals surface area contributed by atoms with E-state index in [4.69, 9.17) is 4.74 Å². The molecule has 0 spiro atoms. The topological polar surface area (TPSA) is 75.6 Å². The molecule has 30 heavy (non-hydrogen) atoms. The number of aryl methyl sites for hydroxylation is 2. The van der Waals surface area contributed by atoms with E-state index in [1.807, 2.05) is 24.3 Å². The Morgan fingerprint density at radius 1 is 0.933 bits per heavy atom. The lowest BCUT2D eigenvalue weighted by Gasteiger charge is -2.15. The lowest BCUT2D eigenvalue weighted by Crippen LogP contribution is -2.25. The van der Waals surface area contributed by atoms with Crippen molar-refractivity contribution in [2.45, 2.75) is 26.3 Å². The molecular formula is C25H23NO4. The van der Waals surface area contributed by atoms with Crippen LogP contribution in [0.5, 0.6) is 0 Å². The molecule has 0 atom stereocenters. The van der Waals surface area contributed by atoms with Crippen LogP contribution in [0.15, 0.2) is 60.7 Å². The number of nitrogens with one attached hydrogen (secondary N) is 1. The number of rotatable bonds is 5. The van der Waals surface area contributed by atoms with Crippen molar-refractivity contribution >= 4 is 12.1 Å². The number of carbonyl (C=O) groups excluding carboxylic acids is 1. The van der Waals surface area contributed by atoms with Crippen molar-refractivity contribution in [2.75, 3.05) is 6.61 Å². The summed E-state index contributed by atoms with van der Waals surface area (Å²) in [5, 5.41) is 12.0. The number of carboxylic acid groups (broad SMARTS) is 1. The first kappa shape index (κ1) is 19.7. The summed E-state index contributed by atoms with van der Waals surface area (Å²) in [6.45, 7) is 4.05. The van der Waals surface area contributed by atoms with Crippen LogP contribution in [0.2, 0.25) is 0 Å². The summed E-state index contributed by atoms with van der Waals surface area (Å²) >= 11 is 0. The van der Waals surface area contributed by atoms with Gasteiger partial charge in [-0.3, -0.25) is 0 Å². The SMILES string of the molecule is Cc1cc(CNC(=O)OCC2c3ccccc3-c3ccccc32)cc(C)c1C(=O)O. The lowest BCUT2D eigenvalue weighted by molar-refractivity contribution is 0.0695. The number of benzene rings is 3. The van der Waals surface area contributed by atoms with Crippen molar-refractivity contribution in [1.29, 1.82) is 0 Å². The smallest absolute Gasteiger partial charge is 0.407 e. The van der Waals surface area contributed by atoms with Crippen LogP contribution in [-0.2, 0) is 11.3 Å². The maximum absolute atomic E-state index is 12.3. The number of carboxylic acids is 1. The number of amides is 1. The molecule has 0 bridgehead atoms. The van der Waals surface area contributed by atoms with Gasteiger partial charge in [-0.2, -0.15) is 0 Å². The molecule has 5 nitrogen and oxygen atoms in total. The normalized spacial score (nSPS) is 12.2. The van der Waals surface area contributed by atoms with Crippen molar-refractivity contribution in [3.8, 4) is 11.1 Å². The summed E-state index contributed by atoms with van der Waals surface area (Å²) in [6, 6.07) is 20.0. The molecule has 0 radical (unpaired) electrons. The molecule has 0 saturated carbocycles. The van der Waals surface area contributed by atoms with E-state index in [1.54, 1.807) is 26.0 Å².